The predicted molar refractivity (Wildman–Crippen MR) is 49.3 cm³/mol. The highest BCUT2D eigenvalue weighted by molar-refractivity contribution is 7.18. The number of thiazole rings is 1. The molecule has 62 valence electrons. The molecule has 3 nitrogen and oxygen atoms in total. The van der Waals surface area contributed by atoms with Gasteiger partial charge in [0.2, 0.25) is 0 Å². The Balaban J connectivity index is 2.62. The summed E-state index contributed by atoms with van der Waals surface area (Å²) in [4.78, 5) is 13.6. The molecule has 2 heterocycles. The monoisotopic (exact) mass is 179 g/mol. The van der Waals surface area contributed by atoms with Gasteiger partial charge < -0.3 is 0 Å². The topological polar surface area (TPSA) is 38.7 Å². The summed E-state index contributed by atoms with van der Waals surface area (Å²) < 4.78 is 0. The van der Waals surface area contributed by atoms with Gasteiger partial charge in [0, 0.05) is 18.3 Å². The molecule has 0 aliphatic rings. The van der Waals surface area contributed by atoms with Gasteiger partial charge in [-0.3, -0.25) is 0 Å². The summed E-state index contributed by atoms with van der Waals surface area (Å²) in [5.74, 6) is 0.464. The van der Waals surface area contributed by atoms with E-state index in [1.807, 2.05) is 0 Å². The van der Waals surface area contributed by atoms with Crippen LogP contribution >= 0.6 is 11.3 Å². The van der Waals surface area contributed by atoms with Crippen molar-refractivity contribution in [2.75, 3.05) is 0 Å². The second-order valence-electron chi connectivity index (χ2n) is 2.89. The molecular weight excluding hydrogens is 170 g/mol. The molecule has 0 aromatic carbocycles. The van der Waals surface area contributed by atoms with E-state index in [0.717, 1.165) is 15.5 Å². The molecule has 0 aliphatic heterocycles. The first-order valence-corrected chi connectivity index (χ1v) is 4.66. The number of rotatable bonds is 1. The first kappa shape index (κ1) is 7.61. The van der Waals surface area contributed by atoms with Crippen LogP contribution in [0.15, 0.2) is 12.4 Å². The first-order chi connectivity index (χ1) is 5.77. The first-order valence-electron chi connectivity index (χ1n) is 3.85. The molecule has 0 N–H and O–H groups in total. The van der Waals surface area contributed by atoms with Crippen molar-refractivity contribution in [3.63, 3.8) is 0 Å². The van der Waals surface area contributed by atoms with Gasteiger partial charge in [-0.1, -0.05) is 25.2 Å². The molecule has 0 aliphatic carbocycles. The Labute approximate surface area is 74.5 Å². The molecule has 2 aromatic heterocycles. The highest BCUT2D eigenvalue weighted by atomic mass is 32.1. The molecule has 2 aromatic rings. The molecule has 0 unspecified atom stereocenters. The zero-order valence-corrected chi connectivity index (χ0v) is 7.80. The van der Waals surface area contributed by atoms with Crippen LogP contribution in [-0.2, 0) is 0 Å². The van der Waals surface area contributed by atoms with Crippen LogP contribution in [0.25, 0.3) is 10.5 Å². The summed E-state index contributed by atoms with van der Waals surface area (Å²) >= 11 is 1.62. The van der Waals surface area contributed by atoms with Gasteiger partial charge in [-0.2, -0.15) is 0 Å². The second kappa shape index (κ2) is 2.79. The van der Waals surface area contributed by atoms with Gasteiger partial charge in [-0.25, -0.2) is 15.0 Å². The Kier molecular flexibility index (Phi) is 1.77. The fourth-order valence-electron chi connectivity index (χ4n) is 0.940. The molecule has 0 bridgehead atoms. The third-order valence-corrected chi connectivity index (χ3v) is 2.81. The van der Waals surface area contributed by atoms with Gasteiger partial charge >= 0.3 is 0 Å². The quantitative estimate of drug-likeness (QED) is 0.673. The van der Waals surface area contributed by atoms with Crippen LogP contribution in [0.1, 0.15) is 24.8 Å². The van der Waals surface area contributed by atoms with Crippen LogP contribution in [0, 0.1) is 0 Å². The summed E-state index contributed by atoms with van der Waals surface area (Å²) in [7, 11) is 0. The lowest BCUT2D eigenvalue weighted by molar-refractivity contribution is 0.855. The maximum Gasteiger partial charge on any atom is 0.189 e. The van der Waals surface area contributed by atoms with Crippen molar-refractivity contribution in [3.8, 4) is 0 Å². The molecule has 0 saturated heterocycles. The molecule has 0 atom stereocenters. The van der Waals surface area contributed by atoms with Gasteiger partial charge in [0.1, 0.15) is 0 Å². The molecule has 0 spiro atoms. The van der Waals surface area contributed by atoms with Crippen molar-refractivity contribution < 1.29 is 0 Å². The Morgan fingerprint density at radius 3 is 2.67 bits per heavy atom. The van der Waals surface area contributed by atoms with Gasteiger partial charge in [0.15, 0.2) is 10.5 Å². The van der Waals surface area contributed by atoms with E-state index in [1.165, 1.54) is 0 Å². The zero-order valence-electron chi connectivity index (χ0n) is 6.98. The van der Waals surface area contributed by atoms with Gasteiger partial charge in [0.05, 0.1) is 5.01 Å². The average Bonchev–Trinajstić information content (AvgIpc) is 2.46. The Morgan fingerprint density at radius 2 is 2.00 bits per heavy atom. The van der Waals surface area contributed by atoms with Crippen LogP contribution in [0.4, 0.5) is 0 Å². The van der Waals surface area contributed by atoms with Crippen molar-refractivity contribution >= 4 is 21.8 Å². The molecule has 12 heavy (non-hydrogen) atoms. The SMILES string of the molecule is CC(C)c1nc2nccnc2s1. The van der Waals surface area contributed by atoms with E-state index in [0.29, 0.717) is 5.92 Å². The van der Waals surface area contributed by atoms with Gasteiger partial charge in [-0.15, -0.1) is 0 Å². The zero-order chi connectivity index (χ0) is 8.55. The number of aromatic nitrogens is 3. The standard InChI is InChI=1S/C8H9N3S/c1-5(2)7-11-6-8(12-7)10-4-3-9-6/h3-5H,1-2H3. The largest absolute Gasteiger partial charge is 0.240 e. The van der Waals surface area contributed by atoms with E-state index in [1.54, 1.807) is 23.7 Å². The summed E-state index contributed by atoms with van der Waals surface area (Å²) in [5.41, 5.74) is 0.770. The maximum atomic E-state index is 4.36. The van der Waals surface area contributed by atoms with E-state index in [9.17, 15) is 0 Å². The number of hydrogen-bond acceptors (Lipinski definition) is 4. The minimum atomic E-state index is 0.464. The normalized spacial score (nSPS) is 11.2. The van der Waals surface area contributed by atoms with E-state index in [-0.39, 0.29) is 0 Å². The lowest BCUT2D eigenvalue weighted by atomic mass is 10.2. The summed E-state index contributed by atoms with van der Waals surface area (Å²) in [6, 6.07) is 0. The van der Waals surface area contributed by atoms with Crippen LogP contribution in [0.5, 0.6) is 0 Å². The molecule has 0 fully saturated rings. The van der Waals surface area contributed by atoms with Crippen molar-refractivity contribution in [1.29, 1.82) is 0 Å². The van der Waals surface area contributed by atoms with Crippen molar-refractivity contribution in [2.24, 2.45) is 0 Å². The second-order valence-corrected chi connectivity index (χ2v) is 3.90. The predicted octanol–water partition coefficient (Wildman–Crippen LogP) is 2.21. The molecule has 0 radical (unpaired) electrons. The molecular formula is C8H9N3S. The fraction of sp³-hybridized carbons (Fsp3) is 0.375. The number of hydrogen-bond donors (Lipinski definition) is 0. The lowest BCUT2D eigenvalue weighted by Gasteiger charge is -1.93. The van der Waals surface area contributed by atoms with E-state index in [4.69, 9.17) is 0 Å². The highest BCUT2D eigenvalue weighted by Gasteiger charge is 2.07. The van der Waals surface area contributed by atoms with Crippen molar-refractivity contribution in [2.45, 2.75) is 19.8 Å². The molecule has 0 saturated carbocycles. The van der Waals surface area contributed by atoms with Crippen LogP contribution in [-0.4, -0.2) is 15.0 Å². The fourth-order valence-corrected chi connectivity index (χ4v) is 1.81. The number of nitrogens with zero attached hydrogens (tertiary/aromatic N) is 3. The van der Waals surface area contributed by atoms with Crippen LogP contribution in [0.2, 0.25) is 0 Å². The highest BCUT2D eigenvalue weighted by Crippen LogP contribution is 2.23. The minimum absolute atomic E-state index is 0.464. The summed E-state index contributed by atoms with van der Waals surface area (Å²) in [5, 5.41) is 1.11. The van der Waals surface area contributed by atoms with Crippen molar-refractivity contribution in [3.05, 3.63) is 17.4 Å². The third-order valence-electron chi connectivity index (χ3n) is 1.56. The maximum absolute atomic E-state index is 4.36. The molecule has 0 amide bonds. The van der Waals surface area contributed by atoms with Crippen molar-refractivity contribution in [1.82, 2.24) is 15.0 Å². The van der Waals surface area contributed by atoms with Crippen LogP contribution in [0.3, 0.4) is 0 Å². The summed E-state index contributed by atoms with van der Waals surface area (Å²) in [6.45, 7) is 4.25. The Hall–Kier alpha value is -1.03. The van der Waals surface area contributed by atoms with Gasteiger partial charge in [0.25, 0.3) is 0 Å². The van der Waals surface area contributed by atoms with E-state index in [2.05, 4.69) is 28.8 Å². The Bertz CT molecular complexity index is 361. The van der Waals surface area contributed by atoms with E-state index >= 15 is 0 Å². The number of fused-ring (bicyclic) bond motifs is 1. The molecule has 4 heteroatoms. The van der Waals surface area contributed by atoms with Crippen LogP contribution < -0.4 is 0 Å². The summed E-state index contributed by atoms with van der Waals surface area (Å²) in [6.07, 6.45) is 3.37. The molecule has 2 rings (SSSR count). The Morgan fingerprint density at radius 1 is 1.25 bits per heavy atom. The third kappa shape index (κ3) is 1.18. The van der Waals surface area contributed by atoms with Gasteiger partial charge in [-0.05, 0) is 0 Å². The van der Waals surface area contributed by atoms with E-state index < -0.39 is 0 Å². The minimum Gasteiger partial charge on any atom is -0.240 e. The lowest BCUT2D eigenvalue weighted by Crippen LogP contribution is -1.83. The average molecular weight is 179 g/mol. The smallest absolute Gasteiger partial charge is 0.189 e.